The van der Waals surface area contributed by atoms with Gasteiger partial charge in [-0.15, -0.1) is 11.8 Å². The van der Waals surface area contributed by atoms with Crippen molar-refractivity contribution in [3.8, 4) is 0 Å². The van der Waals surface area contributed by atoms with Crippen LogP contribution in [0.25, 0.3) is 0 Å². The number of likely N-dealkylation sites (N-methyl/N-ethyl adjacent to an activating group) is 1. The molecule has 7 amide bonds. The van der Waals surface area contributed by atoms with Gasteiger partial charge in [0.15, 0.2) is 5.96 Å². The highest BCUT2D eigenvalue weighted by Gasteiger charge is 2.44. The normalized spacial score (nSPS) is 20.1. The lowest BCUT2D eigenvalue weighted by atomic mass is 9.89. The molecule has 10 atom stereocenters. The highest BCUT2D eigenvalue weighted by Crippen LogP contribution is 2.31. The molecule has 78 heavy (non-hydrogen) atoms. The van der Waals surface area contributed by atoms with Crippen LogP contribution in [0.15, 0.2) is 35.3 Å². The van der Waals surface area contributed by atoms with E-state index in [1.807, 2.05) is 69.8 Å². The van der Waals surface area contributed by atoms with Crippen LogP contribution in [-0.2, 0) is 59.0 Å². The Hall–Kier alpha value is -5.81. The number of imide groups is 1. The monoisotopic (exact) mass is 1110 g/mol. The van der Waals surface area contributed by atoms with Crippen LogP contribution in [0.5, 0.6) is 0 Å². The fourth-order valence-electron chi connectivity index (χ4n) is 10.6. The van der Waals surface area contributed by atoms with Gasteiger partial charge in [0.2, 0.25) is 41.4 Å². The van der Waals surface area contributed by atoms with Gasteiger partial charge in [0.05, 0.1) is 41.9 Å². The second-order valence-corrected chi connectivity index (χ2v) is 22.6. The van der Waals surface area contributed by atoms with E-state index in [1.165, 1.54) is 18.9 Å². The number of amides is 7. The molecule has 4 N–H and O–H groups in total. The zero-order valence-corrected chi connectivity index (χ0v) is 48.5. The summed E-state index contributed by atoms with van der Waals surface area (Å²) in [4.78, 5) is 133. The molecular weight excluding hydrogens is 1030 g/mol. The number of nitrogens with zero attached hydrogens (tertiary/aromatic N) is 7. The van der Waals surface area contributed by atoms with E-state index in [-0.39, 0.29) is 72.9 Å². The summed E-state index contributed by atoms with van der Waals surface area (Å²) in [5.74, 6) is -5.05. The summed E-state index contributed by atoms with van der Waals surface area (Å²) in [6.07, 6.45) is 2.55. The number of methoxy groups -OCH3 is 2. The summed E-state index contributed by atoms with van der Waals surface area (Å²) < 4.78 is 12.0. The van der Waals surface area contributed by atoms with Crippen LogP contribution in [0.1, 0.15) is 105 Å². The van der Waals surface area contributed by atoms with Crippen LogP contribution >= 0.6 is 11.8 Å². The number of benzene rings is 1. The van der Waals surface area contributed by atoms with Gasteiger partial charge in [-0.3, -0.25) is 38.5 Å². The largest absolute Gasteiger partial charge is 0.480 e. The Balaban J connectivity index is 1.35. The Morgan fingerprint density at radius 2 is 1.47 bits per heavy atom. The standard InChI is InChI=1S/C55H87N9O13S/c1-12-35(4)48(42(76-10)31-45(67)63-25-19-22-41(63)49(77-11)36(5)50(69)57-39(53(72)73)30-38-20-15-13-16-21-38)60(9)52(71)47(34(2)3)58-55(59(7)8)62-28-26-61(27-29-62)44(66)23-17-14-18-24-64-46(68)32-43(51(64)70)78-33-40(54(74)75)56-37(6)65/h13,15-16,20-21,34-36,39-43,47-49H,12,14,17-19,22-33H2,1-11H3,(H,56,65)(H,57,69)(H,72,73)(H,74,75)/t35?,36?,39?,40?,41-,42?,43?,47?,48?,49?/m0/s1. The number of aliphatic imine (C=N–C) groups is 1. The molecule has 3 saturated heterocycles. The number of carboxylic acids is 2. The SMILES string of the molecule is CCC(C)C(C(CC(=O)N1CCC[C@H]1C(OC)C(C)C(=O)NC(Cc1ccccc1)C(=O)O)OC)N(C)C(=O)C(N=C(N(C)C)N1CCN(C(=O)CCCCCN2C(=O)CC(SCC(NC(C)=O)C(=O)O)C2=O)CC1)C(C)C. The highest BCUT2D eigenvalue weighted by molar-refractivity contribution is 8.00. The fourth-order valence-corrected chi connectivity index (χ4v) is 11.8. The number of hydrogen-bond donors (Lipinski definition) is 4. The summed E-state index contributed by atoms with van der Waals surface area (Å²) in [5, 5.41) is 23.7. The van der Waals surface area contributed by atoms with Crippen LogP contribution in [0.4, 0.5) is 0 Å². The summed E-state index contributed by atoms with van der Waals surface area (Å²) in [7, 11) is 8.50. The van der Waals surface area contributed by atoms with Gasteiger partial charge in [-0.1, -0.05) is 77.8 Å². The van der Waals surface area contributed by atoms with Crippen LogP contribution in [0.3, 0.4) is 0 Å². The third-order valence-corrected chi connectivity index (χ3v) is 16.5. The highest BCUT2D eigenvalue weighted by atomic mass is 32.2. The van der Waals surface area contributed by atoms with Crippen molar-refractivity contribution in [3.63, 3.8) is 0 Å². The first-order valence-corrected chi connectivity index (χ1v) is 28.4. The predicted octanol–water partition coefficient (Wildman–Crippen LogP) is 2.82. The second-order valence-electron chi connectivity index (χ2n) is 21.4. The molecule has 4 rings (SSSR count). The van der Waals surface area contributed by atoms with Crippen molar-refractivity contribution in [2.75, 3.05) is 80.4 Å². The van der Waals surface area contributed by atoms with Gasteiger partial charge < -0.3 is 54.8 Å². The molecule has 0 bridgehead atoms. The van der Waals surface area contributed by atoms with E-state index in [0.717, 1.165) is 17.3 Å². The first-order chi connectivity index (χ1) is 36.9. The number of carboxylic acid groups (broad SMARTS) is 2. The topological polar surface area (TPSA) is 268 Å². The minimum atomic E-state index is -1.22. The number of piperazine rings is 1. The molecule has 436 valence electrons. The molecule has 3 fully saturated rings. The molecule has 3 aliphatic rings. The van der Waals surface area contributed by atoms with Gasteiger partial charge in [-0.05, 0) is 43.1 Å². The lowest BCUT2D eigenvalue weighted by Crippen LogP contribution is -2.56. The van der Waals surface area contributed by atoms with E-state index in [1.54, 1.807) is 43.0 Å². The number of unbranched alkanes of at least 4 members (excludes halogenated alkanes) is 2. The number of rotatable bonds is 29. The van der Waals surface area contributed by atoms with E-state index in [9.17, 15) is 53.4 Å². The predicted molar refractivity (Wildman–Crippen MR) is 295 cm³/mol. The first-order valence-electron chi connectivity index (χ1n) is 27.4. The maximum atomic E-state index is 14.8. The number of thioether (sulfide) groups is 1. The number of nitrogens with one attached hydrogen (secondary N) is 2. The number of hydrogen-bond acceptors (Lipinski definition) is 13. The smallest absolute Gasteiger partial charge is 0.327 e. The van der Waals surface area contributed by atoms with Gasteiger partial charge in [0.1, 0.15) is 18.1 Å². The molecule has 22 nitrogen and oxygen atoms in total. The lowest BCUT2D eigenvalue weighted by molar-refractivity contribution is -0.147. The molecule has 3 heterocycles. The number of carbonyl (C=O) groups is 9. The van der Waals surface area contributed by atoms with Crippen molar-refractivity contribution in [1.82, 2.24) is 40.0 Å². The van der Waals surface area contributed by atoms with Gasteiger partial charge in [-0.2, -0.15) is 0 Å². The third-order valence-electron chi connectivity index (χ3n) is 15.2. The zero-order chi connectivity index (χ0) is 58.0. The molecule has 0 radical (unpaired) electrons. The van der Waals surface area contributed by atoms with Crippen molar-refractivity contribution < 1.29 is 62.8 Å². The molecular formula is C55H87N9O13S. The molecule has 1 aromatic carbocycles. The summed E-state index contributed by atoms with van der Waals surface area (Å²) in [6.45, 7) is 13.3. The van der Waals surface area contributed by atoms with E-state index in [4.69, 9.17) is 14.5 Å². The van der Waals surface area contributed by atoms with E-state index < -0.39 is 77.3 Å². The Kier molecular flexibility index (Phi) is 25.8. The van der Waals surface area contributed by atoms with Gasteiger partial charge >= 0.3 is 11.9 Å². The average molecular weight is 1110 g/mol. The fraction of sp³-hybridized carbons (Fsp3) is 0.709. The lowest BCUT2D eigenvalue weighted by Gasteiger charge is -2.41. The number of ether oxygens (including phenoxy) is 2. The van der Waals surface area contributed by atoms with Crippen molar-refractivity contribution in [2.45, 2.75) is 153 Å². The number of likely N-dealkylation sites (tertiary alicyclic amines) is 2. The molecule has 0 spiro atoms. The minimum absolute atomic E-state index is 0.00406. The Bertz CT molecular complexity index is 2250. The maximum absolute atomic E-state index is 14.8. The second kappa shape index (κ2) is 31.1. The van der Waals surface area contributed by atoms with Crippen molar-refractivity contribution in [2.24, 2.45) is 22.7 Å². The Labute approximate surface area is 464 Å². The average Bonchev–Trinajstić information content (AvgIpc) is 3.99. The summed E-state index contributed by atoms with van der Waals surface area (Å²) in [6, 6.07) is 4.95. The molecule has 9 unspecified atom stereocenters. The quantitative estimate of drug-likeness (QED) is 0.0389. The third kappa shape index (κ3) is 17.9. The molecule has 0 saturated carbocycles. The summed E-state index contributed by atoms with van der Waals surface area (Å²) >= 11 is 1.04. The van der Waals surface area contributed by atoms with Crippen molar-refractivity contribution >= 4 is 71.0 Å². The van der Waals surface area contributed by atoms with E-state index in [2.05, 4.69) is 15.5 Å². The molecule has 23 heteroatoms. The number of guanidine groups is 1. The zero-order valence-electron chi connectivity index (χ0n) is 47.7. The van der Waals surface area contributed by atoms with Gasteiger partial charge in [-0.25, -0.2) is 14.6 Å². The minimum Gasteiger partial charge on any atom is -0.480 e. The number of aliphatic carboxylic acids is 2. The van der Waals surface area contributed by atoms with Crippen LogP contribution < -0.4 is 10.6 Å². The Morgan fingerprint density at radius 1 is 0.833 bits per heavy atom. The van der Waals surface area contributed by atoms with Crippen molar-refractivity contribution in [1.29, 1.82) is 0 Å². The molecule has 1 aromatic rings. The summed E-state index contributed by atoms with van der Waals surface area (Å²) in [5.41, 5.74) is 0.767. The van der Waals surface area contributed by atoms with Crippen LogP contribution in [0, 0.1) is 17.8 Å². The van der Waals surface area contributed by atoms with Crippen LogP contribution in [-0.4, -0.2) is 227 Å². The first kappa shape index (κ1) is 64.7. The Morgan fingerprint density at radius 3 is 2.04 bits per heavy atom. The van der Waals surface area contributed by atoms with E-state index >= 15 is 0 Å². The van der Waals surface area contributed by atoms with Crippen molar-refractivity contribution in [3.05, 3.63) is 35.9 Å². The molecule has 0 aliphatic carbocycles. The number of carbonyl (C=O) groups excluding carboxylic acids is 7. The molecule has 3 aliphatic heterocycles. The van der Waals surface area contributed by atoms with Gasteiger partial charge in [0.25, 0.3) is 0 Å². The van der Waals surface area contributed by atoms with Crippen LogP contribution in [0.2, 0.25) is 0 Å². The van der Waals surface area contributed by atoms with E-state index in [0.29, 0.717) is 83.6 Å². The molecule has 0 aromatic heterocycles. The maximum Gasteiger partial charge on any atom is 0.327 e. The van der Waals surface area contributed by atoms with Gasteiger partial charge in [0, 0.05) is 107 Å².